The third kappa shape index (κ3) is 4.87. The number of hydrogen-bond donors (Lipinski definition) is 2. The molecular weight excluding hydrogens is 244 g/mol. The van der Waals surface area contributed by atoms with Gasteiger partial charge in [-0.15, -0.1) is 0 Å². The summed E-state index contributed by atoms with van der Waals surface area (Å²) in [6, 6.07) is 5.05. The monoisotopic (exact) mass is 266 g/mol. The Morgan fingerprint density at radius 3 is 2.68 bits per heavy atom. The first kappa shape index (κ1) is 15.4. The van der Waals surface area contributed by atoms with Gasteiger partial charge < -0.3 is 10.4 Å². The highest BCUT2D eigenvalue weighted by molar-refractivity contribution is 5.53. The van der Waals surface area contributed by atoms with E-state index in [4.69, 9.17) is 5.11 Å². The fourth-order valence-corrected chi connectivity index (χ4v) is 2.17. The second-order valence-corrected chi connectivity index (χ2v) is 4.81. The van der Waals surface area contributed by atoms with Crippen molar-refractivity contribution in [2.24, 2.45) is 5.92 Å². The Bertz CT molecular complexity index is 415. The van der Waals surface area contributed by atoms with Gasteiger partial charge in [-0.05, 0) is 37.8 Å². The molecule has 0 radical (unpaired) electrons. The van der Waals surface area contributed by atoms with Crippen LogP contribution >= 0.6 is 0 Å². The first-order valence-corrected chi connectivity index (χ1v) is 6.68. The minimum Gasteiger partial charge on any atom is -0.396 e. The molecule has 0 heterocycles. The van der Waals surface area contributed by atoms with Crippen LogP contribution < -0.4 is 5.32 Å². The highest BCUT2D eigenvalue weighted by atomic mass is 16.6. The number of nitro benzene ring substituents is 1. The van der Waals surface area contributed by atoms with Crippen molar-refractivity contribution in [3.8, 4) is 0 Å². The molecule has 1 unspecified atom stereocenters. The number of aryl methyl sites for hydroxylation is 1. The molecule has 0 aromatic heterocycles. The SMILES string of the molecule is CCCC(CCO)CNc1ccc([N+](=O)[O-])c(C)c1. The molecule has 0 aliphatic heterocycles. The van der Waals surface area contributed by atoms with Gasteiger partial charge in [-0.1, -0.05) is 13.3 Å². The van der Waals surface area contributed by atoms with Gasteiger partial charge in [0, 0.05) is 30.5 Å². The number of nitro groups is 1. The normalized spacial score (nSPS) is 12.2. The Morgan fingerprint density at radius 1 is 1.42 bits per heavy atom. The Balaban J connectivity index is 2.62. The van der Waals surface area contributed by atoms with Gasteiger partial charge in [-0.2, -0.15) is 0 Å². The van der Waals surface area contributed by atoms with Gasteiger partial charge in [-0.25, -0.2) is 0 Å². The van der Waals surface area contributed by atoms with E-state index in [1.54, 1.807) is 19.1 Å². The summed E-state index contributed by atoms with van der Waals surface area (Å²) >= 11 is 0. The lowest BCUT2D eigenvalue weighted by Gasteiger charge is -2.16. The molecule has 106 valence electrons. The van der Waals surface area contributed by atoms with Gasteiger partial charge in [0.05, 0.1) is 4.92 Å². The highest BCUT2D eigenvalue weighted by Gasteiger charge is 2.11. The predicted molar refractivity (Wildman–Crippen MR) is 76.4 cm³/mol. The molecule has 0 saturated carbocycles. The molecule has 0 aliphatic carbocycles. The van der Waals surface area contributed by atoms with E-state index in [9.17, 15) is 10.1 Å². The molecule has 0 bridgehead atoms. The minimum atomic E-state index is -0.370. The zero-order valence-corrected chi connectivity index (χ0v) is 11.6. The van der Waals surface area contributed by atoms with E-state index in [0.29, 0.717) is 11.5 Å². The first-order valence-electron chi connectivity index (χ1n) is 6.68. The van der Waals surface area contributed by atoms with Crippen LogP contribution in [0.3, 0.4) is 0 Å². The minimum absolute atomic E-state index is 0.144. The largest absolute Gasteiger partial charge is 0.396 e. The summed E-state index contributed by atoms with van der Waals surface area (Å²) in [6.07, 6.45) is 2.94. The molecule has 5 heteroatoms. The lowest BCUT2D eigenvalue weighted by molar-refractivity contribution is -0.385. The molecule has 1 aromatic carbocycles. The number of nitrogens with zero attached hydrogens (tertiary/aromatic N) is 1. The van der Waals surface area contributed by atoms with Crippen LogP contribution in [-0.2, 0) is 0 Å². The Kier molecular flexibility index (Phi) is 6.29. The number of nitrogens with one attached hydrogen (secondary N) is 1. The van der Waals surface area contributed by atoms with Crippen molar-refractivity contribution in [1.29, 1.82) is 0 Å². The van der Waals surface area contributed by atoms with E-state index in [2.05, 4.69) is 12.2 Å². The standard InChI is InChI=1S/C14H22N2O3/c1-3-4-12(7-8-17)10-15-13-5-6-14(16(18)19)11(2)9-13/h5-6,9,12,15,17H,3-4,7-8,10H2,1-2H3. The fraction of sp³-hybridized carbons (Fsp3) is 0.571. The predicted octanol–water partition coefficient (Wildman–Crippen LogP) is 3.11. The summed E-state index contributed by atoms with van der Waals surface area (Å²) in [5.74, 6) is 0.436. The third-order valence-electron chi connectivity index (χ3n) is 3.22. The van der Waals surface area contributed by atoms with E-state index in [1.807, 2.05) is 0 Å². The fourth-order valence-electron chi connectivity index (χ4n) is 2.17. The lowest BCUT2D eigenvalue weighted by Crippen LogP contribution is -2.15. The van der Waals surface area contributed by atoms with Crippen LogP contribution in [0.25, 0.3) is 0 Å². The average Bonchev–Trinajstić information content (AvgIpc) is 2.36. The van der Waals surface area contributed by atoms with Crippen molar-refractivity contribution < 1.29 is 10.0 Å². The van der Waals surface area contributed by atoms with Crippen LogP contribution in [0, 0.1) is 23.0 Å². The second-order valence-electron chi connectivity index (χ2n) is 4.81. The number of hydrogen-bond acceptors (Lipinski definition) is 4. The van der Waals surface area contributed by atoms with E-state index in [1.165, 1.54) is 6.07 Å². The zero-order chi connectivity index (χ0) is 14.3. The lowest BCUT2D eigenvalue weighted by atomic mass is 10.00. The van der Waals surface area contributed by atoms with Gasteiger partial charge in [0.15, 0.2) is 0 Å². The molecule has 0 saturated heterocycles. The van der Waals surface area contributed by atoms with E-state index >= 15 is 0 Å². The summed E-state index contributed by atoms with van der Waals surface area (Å²) in [6.45, 7) is 4.85. The molecule has 1 atom stereocenters. The van der Waals surface area contributed by atoms with Gasteiger partial charge >= 0.3 is 0 Å². The molecule has 0 amide bonds. The molecule has 1 aromatic rings. The molecule has 5 nitrogen and oxygen atoms in total. The van der Waals surface area contributed by atoms with E-state index < -0.39 is 0 Å². The summed E-state index contributed by atoms with van der Waals surface area (Å²) in [7, 11) is 0. The zero-order valence-electron chi connectivity index (χ0n) is 11.6. The molecule has 19 heavy (non-hydrogen) atoms. The molecular formula is C14H22N2O3. The van der Waals surface area contributed by atoms with Crippen LogP contribution in [-0.4, -0.2) is 23.2 Å². The van der Waals surface area contributed by atoms with Gasteiger partial charge in [0.2, 0.25) is 0 Å². The van der Waals surface area contributed by atoms with Crippen molar-refractivity contribution in [1.82, 2.24) is 0 Å². The van der Waals surface area contributed by atoms with Gasteiger partial charge in [-0.3, -0.25) is 10.1 Å². The van der Waals surface area contributed by atoms with Crippen molar-refractivity contribution in [3.05, 3.63) is 33.9 Å². The maximum absolute atomic E-state index is 10.7. The maximum Gasteiger partial charge on any atom is 0.272 e. The van der Waals surface area contributed by atoms with Gasteiger partial charge in [0.1, 0.15) is 0 Å². The van der Waals surface area contributed by atoms with E-state index in [0.717, 1.165) is 31.5 Å². The molecule has 1 rings (SSSR count). The van der Waals surface area contributed by atoms with Crippen molar-refractivity contribution in [3.63, 3.8) is 0 Å². The molecule has 0 fully saturated rings. The smallest absolute Gasteiger partial charge is 0.272 e. The number of aliphatic hydroxyl groups is 1. The average molecular weight is 266 g/mol. The molecule has 0 aliphatic rings. The number of benzene rings is 1. The quantitative estimate of drug-likeness (QED) is 0.560. The molecule has 2 N–H and O–H groups in total. The van der Waals surface area contributed by atoms with Crippen molar-refractivity contribution >= 4 is 11.4 Å². The van der Waals surface area contributed by atoms with Gasteiger partial charge in [0.25, 0.3) is 5.69 Å². The highest BCUT2D eigenvalue weighted by Crippen LogP contribution is 2.22. The van der Waals surface area contributed by atoms with Crippen LogP contribution in [0.5, 0.6) is 0 Å². The maximum atomic E-state index is 10.7. The number of anilines is 1. The summed E-state index contributed by atoms with van der Waals surface area (Å²) < 4.78 is 0. The van der Waals surface area contributed by atoms with Crippen LogP contribution in [0.15, 0.2) is 18.2 Å². The van der Waals surface area contributed by atoms with Crippen LogP contribution in [0.2, 0.25) is 0 Å². The first-order chi connectivity index (χ1) is 9.08. The summed E-state index contributed by atoms with van der Waals surface area (Å²) in [5.41, 5.74) is 1.69. The summed E-state index contributed by atoms with van der Waals surface area (Å²) in [4.78, 5) is 10.4. The van der Waals surface area contributed by atoms with Crippen molar-refractivity contribution in [2.45, 2.75) is 33.1 Å². The Labute approximate surface area is 113 Å². The van der Waals surface area contributed by atoms with Crippen LogP contribution in [0.1, 0.15) is 31.7 Å². The third-order valence-corrected chi connectivity index (χ3v) is 3.22. The summed E-state index contributed by atoms with van der Waals surface area (Å²) in [5, 5.41) is 23.0. The number of aliphatic hydroxyl groups excluding tert-OH is 1. The van der Waals surface area contributed by atoms with Crippen molar-refractivity contribution in [2.75, 3.05) is 18.5 Å². The Morgan fingerprint density at radius 2 is 2.16 bits per heavy atom. The second kappa shape index (κ2) is 7.74. The number of rotatable bonds is 8. The Hall–Kier alpha value is -1.62. The van der Waals surface area contributed by atoms with E-state index in [-0.39, 0.29) is 17.2 Å². The topological polar surface area (TPSA) is 75.4 Å². The molecule has 0 spiro atoms. The van der Waals surface area contributed by atoms with Crippen LogP contribution in [0.4, 0.5) is 11.4 Å².